The lowest BCUT2D eigenvalue weighted by Crippen LogP contribution is -2.48. The molecule has 0 spiro atoms. The molecule has 0 aliphatic rings. The van der Waals surface area contributed by atoms with Gasteiger partial charge < -0.3 is 19.9 Å². The van der Waals surface area contributed by atoms with Crippen molar-refractivity contribution in [2.24, 2.45) is 0 Å². The second-order valence-electron chi connectivity index (χ2n) is 7.14. The van der Waals surface area contributed by atoms with Crippen LogP contribution in [-0.2, 0) is 22.6 Å². The van der Waals surface area contributed by atoms with E-state index < -0.39 is 11.9 Å². The van der Waals surface area contributed by atoms with Crippen LogP contribution in [0.15, 0.2) is 48.7 Å². The van der Waals surface area contributed by atoms with Crippen LogP contribution in [0.3, 0.4) is 0 Å². The number of methoxy groups -OCH3 is 1. The van der Waals surface area contributed by atoms with Crippen LogP contribution in [0, 0.1) is 5.82 Å². The monoisotopic (exact) mass is 411 g/mol. The molecule has 2 amide bonds. The molecule has 0 aliphatic heterocycles. The number of aromatic amines is 1. The minimum Gasteiger partial charge on any atom is -0.494 e. The quantitative estimate of drug-likeness (QED) is 0.597. The summed E-state index contributed by atoms with van der Waals surface area (Å²) in [5, 5.41) is 3.79. The van der Waals surface area contributed by atoms with Crippen LogP contribution in [0.2, 0.25) is 0 Å². The summed E-state index contributed by atoms with van der Waals surface area (Å²) < 4.78 is 19.0. The van der Waals surface area contributed by atoms with E-state index in [0.717, 1.165) is 16.5 Å². The van der Waals surface area contributed by atoms with Gasteiger partial charge in [0, 0.05) is 43.5 Å². The molecule has 0 aliphatic carbocycles. The van der Waals surface area contributed by atoms with Gasteiger partial charge in [-0.2, -0.15) is 0 Å². The number of benzene rings is 2. The lowest BCUT2D eigenvalue weighted by molar-refractivity contribution is -0.136. The lowest BCUT2D eigenvalue weighted by atomic mass is 10.0. The molecule has 2 N–H and O–H groups in total. The number of para-hydroxylation sites is 1. The van der Waals surface area contributed by atoms with Crippen molar-refractivity contribution >= 4 is 22.7 Å². The normalized spacial score (nSPS) is 11.9. The average Bonchev–Trinajstić information content (AvgIpc) is 3.14. The van der Waals surface area contributed by atoms with E-state index in [0.29, 0.717) is 18.5 Å². The van der Waals surface area contributed by atoms with E-state index in [1.54, 1.807) is 17.0 Å². The summed E-state index contributed by atoms with van der Waals surface area (Å²) in [7, 11) is 1.41. The number of likely N-dealkylation sites (N-methyl/N-ethyl adjacent to an activating group) is 1. The van der Waals surface area contributed by atoms with Crippen LogP contribution in [0.5, 0.6) is 5.75 Å². The molecular weight excluding hydrogens is 385 g/mol. The third-order valence-corrected chi connectivity index (χ3v) is 5.06. The van der Waals surface area contributed by atoms with Crippen molar-refractivity contribution in [3.63, 3.8) is 0 Å². The highest BCUT2D eigenvalue weighted by atomic mass is 19.1. The second kappa shape index (κ2) is 9.43. The summed E-state index contributed by atoms with van der Waals surface area (Å²) in [6, 6.07) is 11.7. The predicted octanol–water partition coefficient (Wildman–Crippen LogP) is 3.41. The van der Waals surface area contributed by atoms with E-state index in [2.05, 4.69) is 10.3 Å². The Balaban J connectivity index is 1.82. The maximum atomic E-state index is 14.0. The largest absolute Gasteiger partial charge is 0.494 e. The van der Waals surface area contributed by atoms with Gasteiger partial charge in [-0.1, -0.05) is 24.3 Å². The number of H-pyrrole nitrogens is 1. The van der Waals surface area contributed by atoms with Crippen LogP contribution >= 0.6 is 0 Å². The van der Waals surface area contributed by atoms with Crippen molar-refractivity contribution in [2.75, 3.05) is 13.7 Å². The fraction of sp³-hybridized carbons (Fsp3) is 0.304. The SMILES string of the molecule is CCN(Cc1ccc(OC)c(F)c1)C(=O)[C@H](Cc1c[nH]c2ccccc12)NC(C)=O. The van der Waals surface area contributed by atoms with Crippen LogP contribution in [0.25, 0.3) is 10.9 Å². The zero-order chi connectivity index (χ0) is 21.7. The van der Waals surface area contributed by atoms with E-state index in [-0.39, 0.29) is 24.1 Å². The van der Waals surface area contributed by atoms with Crippen molar-refractivity contribution in [1.29, 1.82) is 0 Å². The maximum Gasteiger partial charge on any atom is 0.245 e. The Morgan fingerprint density at radius 2 is 2.00 bits per heavy atom. The summed E-state index contributed by atoms with van der Waals surface area (Å²) in [6.45, 7) is 3.91. The Labute approximate surface area is 175 Å². The van der Waals surface area contributed by atoms with Gasteiger partial charge in [-0.15, -0.1) is 0 Å². The van der Waals surface area contributed by atoms with Crippen molar-refractivity contribution < 1.29 is 18.7 Å². The Morgan fingerprint density at radius 3 is 2.67 bits per heavy atom. The van der Waals surface area contributed by atoms with Crippen molar-refractivity contribution in [3.8, 4) is 5.75 Å². The predicted molar refractivity (Wildman–Crippen MR) is 114 cm³/mol. The number of ether oxygens (including phenoxy) is 1. The summed E-state index contributed by atoms with van der Waals surface area (Å²) in [6.07, 6.45) is 2.22. The van der Waals surface area contributed by atoms with Gasteiger partial charge in [-0.3, -0.25) is 9.59 Å². The summed E-state index contributed by atoms with van der Waals surface area (Å²) >= 11 is 0. The van der Waals surface area contributed by atoms with Gasteiger partial charge in [0.1, 0.15) is 6.04 Å². The first kappa shape index (κ1) is 21.4. The number of carbonyl (C=O) groups excluding carboxylic acids is 2. The zero-order valence-electron chi connectivity index (χ0n) is 17.4. The van der Waals surface area contributed by atoms with Crippen LogP contribution in [-0.4, -0.2) is 41.4 Å². The molecule has 3 aromatic rings. The molecule has 158 valence electrons. The fourth-order valence-corrected chi connectivity index (χ4v) is 3.56. The molecule has 7 heteroatoms. The molecule has 0 bridgehead atoms. The van der Waals surface area contributed by atoms with Crippen LogP contribution < -0.4 is 10.1 Å². The Kier molecular flexibility index (Phi) is 6.72. The molecule has 0 unspecified atom stereocenters. The molecule has 3 rings (SSSR count). The molecule has 1 heterocycles. The third kappa shape index (κ3) is 4.79. The number of halogens is 1. The first-order chi connectivity index (χ1) is 14.4. The standard InChI is InChI=1S/C23H26FN3O3/c1-4-27(14-16-9-10-22(30-3)19(24)11-16)23(29)21(26-15(2)28)12-17-13-25-20-8-6-5-7-18(17)20/h5-11,13,21,25H,4,12,14H2,1-3H3,(H,26,28)/t21-/m0/s1. The van der Waals surface area contributed by atoms with E-state index in [1.807, 2.05) is 37.4 Å². The average molecular weight is 411 g/mol. The molecule has 2 aromatic carbocycles. The van der Waals surface area contributed by atoms with Gasteiger partial charge in [-0.25, -0.2) is 4.39 Å². The Bertz CT molecular complexity index is 1050. The van der Waals surface area contributed by atoms with Crippen molar-refractivity contribution in [2.45, 2.75) is 32.9 Å². The molecule has 1 aromatic heterocycles. The number of aromatic nitrogens is 1. The summed E-state index contributed by atoms with van der Waals surface area (Å²) in [5.74, 6) is -0.812. The first-order valence-electron chi connectivity index (χ1n) is 9.86. The highest BCUT2D eigenvalue weighted by molar-refractivity contribution is 5.89. The number of rotatable bonds is 8. The first-order valence-corrected chi connectivity index (χ1v) is 9.86. The Hall–Kier alpha value is -3.35. The highest BCUT2D eigenvalue weighted by Gasteiger charge is 2.26. The number of amides is 2. The van der Waals surface area contributed by atoms with Crippen molar-refractivity contribution in [3.05, 3.63) is 65.6 Å². The molecular formula is C23H26FN3O3. The number of carbonyl (C=O) groups is 2. The number of hydrogen-bond donors (Lipinski definition) is 2. The molecule has 30 heavy (non-hydrogen) atoms. The second-order valence-corrected chi connectivity index (χ2v) is 7.14. The van der Waals surface area contributed by atoms with E-state index in [9.17, 15) is 14.0 Å². The molecule has 0 saturated heterocycles. The van der Waals surface area contributed by atoms with Crippen LogP contribution in [0.4, 0.5) is 4.39 Å². The topological polar surface area (TPSA) is 74.4 Å². The van der Waals surface area contributed by atoms with Gasteiger partial charge in [0.15, 0.2) is 11.6 Å². The highest BCUT2D eigenvalue weighted by Crippen LogP contribution is 2.21. The van der Waals surface area contributed by atoms with Crippen LogP contribution in [0.1, 0.15) is 25.0 Å². The van der Waals surface area contributed by atoms with E-state index in [4.69, 9.17) is 4.74 Å². The van der Waals surface area contributed by atoms with E-state index in [1.165, 1.54) is 20.1 Å². The van der Waals surface area contributed by atoms with Gasteiger partial charge in [0.2, 0.25) is 11.8 Å². The molecule has 1 atom stereocenters. The number of nitrogens with zero attached hydrogens (tertiary/aromatic N) is 1. The summed E-state index contributed by atoms with van der Waals surface area (Å²) in [4.78, 5) is 29.9. The molecule has 0 fully saturated rings. The lowest BCUT2D eigenvalue weighted by Gasteiger charge is -2.27. The minimum absolute atomic E-state index is 0.156. The molecule has 6 nitrogen and oxygen atoms in total. The van der Waals surface area contributed by atoms with E-state index >= 15 is 0 Å². The minimum atomic E-state index is -0.718. The fourth-order valence-electron chi connectivity index (χ4n) is 3.56. The summed E-state index contributed by atoms with van der Waals surface area (Å²) in [5.41, 5.74) is 2.57. The van der Waals surface area contributed by atoms with Crippen molar-refractivity contribution in [1.82, 2.24) is 15.2 Å². The van der Waals surface area contributed by atoms with Gasteiger partial charge in [0.25, 0.3) is 0 Å². The van der Waals surface area contributed by atoms with Gasteiger partial charge in [-0.05, 0) is 36.2 Å². The van der Waals surface area contributed by atoms with Gasteiger partial charge in [0.05, 0.1) is 7.11 Å². The van der Waals surface area contributed by atoms with Gasteiger partial charge >= 0.3 is 0 Å². The number of nitrogens with one attached hydrogen (secondary N) is 2. The third-order valence-electron chi connectivity index (χ3n) is 5.06. The molecule has 0 radical (unpaired) electrons. The maximum absolute atomic E-state index is 14.0. The number of hydrogen-bond acceptors (Lipinski definition) is 3. The zero-order valence-corrected chi connectivity index (χ0v) is 17.4. The Morgan fingerprint density at radius 1 is 1.23 bits per heavy atom. The molecule has 0 saturated carbocycles. The number of fused-ring (bicyclic) bond motifs is 1. The smallest absolute Gasteiger partial charge is 0.245 e.